The molecular formula is C17H17F3N4O. The number of amides is 1. The topological polar surface area (TPSA) is 58.1 Å². The summed E-state index contributed by atoms with van der Waals surface area (Å²) in [6.07, 6.45) is 0.396. The van der Waals surface area contributed by atoms with Crippen LogP contribution in [0.1, 0.15) is 35.2 Å². The zero-order chi connectivity index (χ0) is 17.8. The monoisotopic (exact) mass is 350 g/mol. The molecule has 25 heavy (non-hydrogen) atoms. The molecule has 0 spiro atoms. The van der Waals surface area contributed by atoms with E-state index in [0.29, 0.717) is 5.82 Å². The van der Waals surface area contributed by atoms with E-state index in [1.165, 1.54) is 12.1 Å². The van der Waals surface area contributed by atoms with Crippen LogP contribution in [-0.4, -0.2) is 35.2 Å². The zero-order valence-electron chi connectivity index (χ0n) is 13.3. The molecule has 132 valence electrons. The zero-order valence-corrected chi connectivity index (χ0v) is 13.3. The van der Waals surface area contributed by atoms with Crippen molar-refractivity contribution in [2.45, 2.75) is 25.3 Å². The molecule has 3 rings (SSSR count). The summed E-state index contributed by atoms with van der Waals surface area (Å²) < 4.78 is 39.5. The van der Waals surface area contributed by atoms with Crippen LogP contribution in [0.4, 0.5) is 19.0 Å². The van der Waals surface area contributed by atoms with Crippen LogP contribution in [-0.2, 0) is 0 Å². The van der Waals surface area contributed by atoms with Gasteiger partial charge in [-0.1, -0.05) is 12.1 Å². The van der Waals surface area contributed by atoms with Crippen LogP contribution in [0.25, 0.3) is 0 Å². The van der Waals surface area contributed by atoms with Crippen molar-refractivity contribution < 1.29 is 18.0 Å². The van der Waals surface area contributed by atoms with Gasteiger partial charge in [-0.15, -0.1) is 5.10 Å². The molecule has 1 aliphatic rings. The molecular weight excluding hydrogens is 333 g/mol. The van der Waals surface area contributed by atoms with Gasteiger partial charge in [-0.25, -0.2) is 13.2 Å². The summed E-state index contributed by atoms with van der Waals surface area (Å²) in [6.45, 7) is 1.06. The Labute approximate surface area is 142 Å². The average molecular weight is 350 g/mol. The first-order valence-electron chi connectivity index (χ1n) is 7.97. The third-order valence-electron chi connectivity index (χ3n) is 4.24. The molecule has 1 aliphatic heterocycles. The number of carbonyl (C=O) groups excluding carboxylic acids is 1. The standard InChI is InChI=1S/C17H17F3N4O/c18-15-12(16(19)20)5-1-6-13(15)17(25)21-10-11-4-3-9-24(11)14-7-2-8-22-23-14/h1-2,5-8,11,16H,3-4,9-10H2,(H,21,25). The molecule has 0 bridgehead atoms. The van der Waals surface area contributed by atoms with Gasteiger partial charge in [-0.05, 0) is 31.0 Å². The summed E-state index contributed by atoms with van der Waals surface area (Å²) in [5, 5.41) is 10.5. The van der Waals surface area contributed by atoms with Crippen molar-refractivity contribution in [3.05, 3.63) is 53.5 Å². The number of nitrogens with zero attached hydrogens (tertiary/aromatic N) is 3. The van der Waals surface area contributed by atoms with Gasteiger partial charge in [0.25, 0.3) is 12.3 Å². The van der Waals surface area contributed by atoms with Crippen LogP contribution in [0.2, 0.25) is 0 Å². The molecule has 1 saturated heterocycles. The van der Waals surface area contributed by atoms with Gasteiger partial charge in [0.1, 0.15) is 5.82 Å². The number of carbonyl (C=O) groups is 1. The van der Waals surface area contributed by atoms with E-state index in [4.69, 9.17) is 0 Å². The number of nitrogens with one attached hydrogen (secondary N) is 1. The van der Waals surface area contributed by atoms with E-state index >= 15 is 0 Å². The molecule has 0 aliphatic carbocycles. The molecule has 1 N–H and O–H groups in total. The van der Waals surface area contributed by atoms with Crippen LogP contribution in [0.5, 0.6) is 0 Å². The lowest BCUT2D eigenvalue weighted by Crippen LogP contribution is -2.40. The lowest BCUT2D eigenvalue weighted by atomic mass is 10.1. The first-order chi connectivity index (χ1) is 12.1. The third kappa shape index (κ3) is 3.72. The fourth-order valence-electron chi connectivity index (χ4n) is 3.00. The van der Waals surface area contributed by atoms with E-state index in [-0.39, 0.29) is 18.2 Å². The van der Waals surface area contributed by atoms with Gasteiger partial charge in [0, 0.05) is 25.3 Å². The maximum atomic E-state index is 14.0. The molecule has 1 amide bonds. The van der Waals surface area contributed by atoms with Crippen molar-refractivity contribution in [2.24, 2.45) is 0 Å². The normalized spacial score (nSPS) is 17.1. The Kier molecular flexibility index (Phi) is 5.16. The van der Waals surface area contributed by atoms with Gasteiger partial charge < -0.3 is 10.2 Å². The molecule has 2 aromatic rings. The molecule has 1 aromatic carbocycles. The number of alkyl halides is 2. The Balaban J connectivity index is 1.67. The number of benzene rings is 1. The molecule has 1 aromatic heterocycles. The number of hydrogen-bond acceptors (Lipinski definition) is 4. The minimum atomic E-state index is -2.96. The van der Waals surface area contributed by atoms with Crippen molar-refractivity contribution >= 4 is 11.7 Å². The first kappa shape index (κ1) is 17.2. The Morgan fingerprint density at radius 3 is 2.88 bits per heavy atom. The second-order valence-electron chi connectivity index (χ2n) is 5.79. The smallest absolute Gasteiger partial charge is 0.266 e. The second-order valence-corrected chi connectivity index (χ2v) is 5.79. The Morgan fingerprint density at radius 1 is 1.32 bits per heavy atom. The van der Waals surface area contributed by atoms with Crippen molar-refractivity contribution in [1.29, 1.82) is 0 Å². The Hall–Kier alpha value is -2.64. The van der Waals surface area contributed by atoms with E-state index in [1.807, 2.05) is 11.0 Å². The predicted octanol–water partition coefficient (Wildman–Crippen LogP) is 2.95. The average Bonchev–Trinajstić information content (AvgIpc) is 3.09. The Bertz CT molecular complexity index is 742. The highest BCUT2D eigenvalue weighted by molar-refractivity contribution is 5.94. The van der Waals surface area contributed by atoms with Gasteiger partial charge in [0.05, 0.1) is 11.1 Å². The third-order valence-corrected chi connectivity index (χ3v) is 4.24. The summed E-state index contributed by atoms with van der Waals surface area (Å²) in [5.74, 6) is -1.16. The van der Waals surface area contributed by atoms with Gasteiger partial charge in [-0.2, -0.15) is 5.10 Å². The highest BCUT2D eigenvalue weighted by Gasteiger charge is 2.27. The minimum absolute atomic E-state index is 0.00185. The van der Waals surface area contributed by atoms with Gasteiger partial charge >= 0.3 is 0 Å². The van der Waals surface area contributed by atoms with Crippen molar-refractivity contribution in [3.8, 4) is 0 Å². The summed E-state index contributed by atoms with van der Waals surface area (Å²) in [4.78, 5) is 14.2. The molecule has 1 unspecified atom stereocenters. The van der Waals surface area contributed by atoms with Crippen molar-refractivity contribution in [2.75, 3.05) is 18.0 Å². The lowest BCUT2D eigenvalue weighted by molar-refractivity contribution is 0.0945. The predicted molar refractivity (Wildman–Crippen MR) is 86.1 cm³/mol. The van der Waals surface area contributed by atoms with E-state index < -0.39 is 23.7 Å². The second kappa shape index (κ2) is 7.50. The van der Waals surface area contributed by atoms with E-state index in [2.05, 4.69) is 15.5 Å². The number of rotatable bonds is 5. The molecule has 2 heterocycles. The fraction of sp³-hybridized carbons (Fsp3) is 0.353. The molecule has 1 fully saturated rings. The summed E-state index contributed by atoms with van der Waals surface area (Å²) >= 11 is 0. The lowest BCUT2D eigenvalue weighted by Gasteiger charge is -2.25. The van der Waals surface area contributed by atoms with Crippen LogP contribution >= 0.6 is 0 Å². The van der Waals surface area contributed by atoms with E-state index in [1.54, 1.807) is 12.3 Å². The highest BCUT2D eigenvalue weighted by atomic mass is 19.3. The molecule has 8 heteroatoms. The minimum Gasteiger partial charge on any atom is -0.350 e. The van der Waals surface area contributed by atoms with E-state index in [9.17, 15) is 18.0 Å². The van der Waals surface area contributed by atoms with Gasteiger partial charge in [0.15, 0.2) is 5.82 Å². The van der Waals surface area contributed by atoms with E-state index in [0.717, 1.165) is 25.5 Å². The maximum Gasteiger partial charge on any atom is 0.266 e. The quantitative estimate of drug-likeness (QED) is 0.901. The van der Waals surface area contributed by atoms with Crippen molar-refractivity contribution in [1.82, 2.24) is 15.5 Å². The largest absolute Gasteiger partial charge is 0.350 e. The SMILES string of the molecule is O=C(NCC1CCCN1c1cccnn1)c1cccc(C(F)F)c1F. The first-order valence-corrected chi connectivity index (χ1v) is 7.97. The molecule has 0 saturated carbocycles. The van der Waals surface area contributed by atoms with Gasteiger partial charge in [0.2, 0.25) is 0 Å². The van der Waals surface area contributed by atoms with Crippen molar-refractivity contribution in [3.63, 3.8) is 0 Å². The Morgan fingerprint density at radius 2 is 2.16 bits per heavy atom. The number of hydrogen-bond donors (Lipinski definition) is 1. The fourth-order valence-corrected chi connectivity index (χ4v) is 3.00. The summed E-state index contributed by atoms with van der Waals surface area (Å²) in [7, 11) is 0. The summed E-state index contributed by atoms with van der Waals surface area (Å²) in [5.41, 5.74) is -1.14. The molecule has 5 nitrogen and oxygen atoms in total. The van der Waals surface area contributed by atoms with Crippen LogP contribution in [0.3, 0.4) is 0 Å². The van der Waals surface area contributed by atoms with Crippen LogP contribution < -0.4 is 10.2 Å². The van der Waals surface area contributed by atoms with Gasteiger partial charge in [-0.3, -0.25) is 4.79 Å². The summed E-state index contributed by atoms with van der Waals surface area (Å²) in [6, 6.07) is 7.04. The number of halogens is 3. The number of aromatic nitrogens is 2. The molecule has 0 radical (unpaired) electrons. The maximum absolute atomic E-state index is 14.0. The molecule has 1 atom stereocenters. The van der Waals surface area contributed by atoms with Crippen LogP contribution in [0.15, 0.2) is 36.5 Å². The number of anilines is 1. The highest BCUT2D eigenvalue weighted by Crippen LogP contribution is 2.25. The van der Waals surface area contributed by atoms with Crippen LogP contribution in [0, 0.1) is 5.82 Å².